The highest BCUT2D eigenvalue weighted by Crippen LogP contribution is 2.34. The average molecular weight is 319 g/mol. The zero-order valence-corrected chi connectivity index (χ0v) is 13.7. The first-order chi connectivity index (χ1) is 10.9. The number of nitrogens with one attached hydrogen (secondary N) is 1. The normalized spacial score (nSPS) is 25.6. The number of carbonyl (C=O) groups excluding carboxylic acids is 1. The number of amides is 1. The zero-order valence-electron chi connectivity index (χ0n) is 13.7. The van der Waals surface area contributed by atoms with Crippen molar-refractivity contribution < 1.29 is 19.4 Å². The Kier molecular flexibility index (Phi) is 5.77. The number of carbonyl (C=O) groups is 2. The van der Waals surface area contributed by atoms with E-state index in [-0.39, 0.29) is 5.91 Å². The molecule has 1 aliphatic rings. The summed E-state index contributed by atoms with van der Waals surface area (Å²) in [5, 5.41) is 12.3. The summed E-state index contributed by atoms with van der Waals surface area (Å²) in [6, 6.07) is 9.64. The monoisotopic (exact) mass is 319 g/mol. The van der Waals surface area contributed by atoms with Gasteiger partial charge in [0.2, 0.25) is 5.91 Å². The number of carboxylic acids is 1. The van der Waals surface area contributed by atoms with Crippen LogP contribution >= 0.6 is 0 Å². The smallest absolute Gasteiger partial charge is 0.308 e. The fourth-order valence-corrected chi connectivity index (χ4v) is 3.13. The van der Waals surface area contributed by atoms with Gasteiger partial charge in [-0.05, 0) is 32.3 Å². The van der Waals surface area contributed by atoms with E-state index in [1.807, 2.05) is 37.3 Å². The van der Waals surface area contributed by atoms with Gasteiger partial charge < -0.3 is 15.2 Å². The highest BCUT2D eigenvalue weighted by atomic mass is 16.5. The molecular formula is C18H25NO4. The Morgan fingerprint density at radius 3 is 2.70 bits per heavy atom. The second kappa shape index (κ2) is 7.59. The first-order valence-corrected chi connectivity index (χ1v) is 8.13. The molecule has 0 saturated heterocycles. The van der Waals surface area contributed by atoms with Gasteiger partial charge in [-0.2, -0.15) is 0 Å². The van der Waals surface area contributed by atoms with Crippen molar-refractivity contribution in [2.75, 3.05) is 0 Å². The lowest BCUT2D eigenvalue weighted by molar-refractivity contribution is -0.148. The second-order valence-corrected chi connectivity index (χ2v) is 6.48. The lowest BCUT2D eigenvalue weighted by Gasteiger charge is -2.40. The van der Waals surface area contributed by atoms with Crippen LogP contribution in [0.3, 0.4) is 0 Å². The van der Waals surface area contributed by atoms with E-state index in [1.165, 1.54) is 0 Å². The molecule has 5 heteroatoms. The Morgan fingerprint density at radius 1 is 1.35 bits per heavy atom. The molecule has 0 bridgehead atoms. The molecule has 3 atom stereocenters. The Morgan fingerprint density at radius 2 is 2.04 bits per heavy atom. The molecule has 126 valence electrons. The third-order valence-corrected chi connectivity index (χ3v) is 4.63. The van der Waals surface area contributed by atoms with Crippen molar-refractivity contribution in [2.24, 2.45) is 5.92 Å². The van der Waals surface area contributed by atoms with Crippen LogP contribution in [-0.4, -0.2) is 28.6 Å². The molecule has 1 aromatic rings. The van der Waals surface area contributed by atoms with Crippen LogP contribution in [0.25, 0.3) is 0 Å². The van der Waals surface area contributed by atoms with Gasteiger partial charge >= 0.3 is 5.97 Å². The van der Waals surface area contributed by atoms with Crippen molar-refractivity contribution in [3.05, 3.63) is 35.9 Å². The summed E-state index contributed by atoms with van der Waals surface area (Å²) in [5.41, 5.74) is 0.297. The predicted molar refractivity (Wildman–Crippen MR) is 86.8 cm³/mol. The van der Waals surface area contributed by atoms with Crippen molar-refractivity contribution >= 4 is 11.9 Å². The van der Waals surface area contributed by atoms with Gasteiger partial charge in [-0.25, -0.2) is 0 Å². The highest BCUT2D eigenvalue weighted by molar-refractivity contribution is 5.82. The van der Waals surface area contributed by atoms with E-state index < -0.39 is 23.5 Å². The lowest BCUT2D eigenvalue weighted by atomic mass is 9.74. The molecule has 1 aliphatic carbocycles. The summed E-state index contributed by atoms with van der Waals surface area (Å²) in [7, 11) is 0. The van der Waals surface area contributed by atoms with E-state index in [9.17, 15) is 14.7 Å². The number of hydrogen-bond acceptors (Lipinski definition) is 3. The van der Waals surface area contributed by atoms with Crippen LogP contribution in [0.15, 0.2) is 30.3 Å². The van der Waals surface area contributed by atoms with Gasteiger partial charge in [0.1, 0.15) is 6.10 Å². The van der Waals surface area contributed by atoms with Crippen LogP contribution in [0.4, 0.5) is 0 Å². The van der Waals surface area contributed by atoms with Gasteiger partial charge in [-0.1, -0.05) is 43.2 Å². The number of ether oxygens (including phenoxy) is 1. The van der Waals surface area contributed by atoms with Crippen LogP contribution in [0.1, 0.15) is 45.1 Å². The molecular weight excluding hydrogens is 294 g/mol. The van der Waals surface area contributed by atoms with Crippen molar-refractivity contribution in [1.82, 2.24) is 5.32 Å². The zero-order chi connectivity index (χ0) is 16.9. The molecule has 2 rings (SSSR count). The number of hydrogen-bond donors (Lipinski definition) is 2. The molecule has 1 aromatic carbocycles. The van der Waals surface area contributed by atoms with E-state index in [0.717, 1.165) is 18.4 Å². The Hall–Kier alpha value is -1.88. The van der Waals surface area contributed by atoms with Crippen LogP contribution < -0.4 is 5.32 Å². The van der Waals surface area contributed by atoms with Gasteiger partial charge in [-0.3, -0.25) is 9.59 Å². The maximum atomic E-state index is 12.4. The van der Waals surface area contributed by atoms with Crippen molar-refractivity contribution in [2.45, 2.75) is 57.8 Å². The molecule has 5 nitrogen and oxygen atoms in total. The van der Waals surface area contributed by atoms with Gasteiger partial charge in [0.15, 0.2) is 0 Å². The third-order valence-electron chi connectivity index (χ3n) is 4.63. The summed E-state index contributed by atoms with van der Waals surface area (Å²) in [6.45, 7) is 3.88. The summed E-state index contributed by atoms with van der Waals surface area (Å²) >= 11 is 0. The van der Waals surface area contributed by atoms with E-state index in [1.54, 1.807) is 6.92 Å². The molecule has 0 aromatic heterocycles. The van der Waals surface area contributed by atoms with E-state index in [2.05, 4.69) is 5.32 Å². The van der Waals surface area contributed by atoms with Gasteiger partial charge in [0.05, 0.1) is 18.1 Å². The summed E-state index contributed by atoms with van der Waals surface area (Å²) in [5.74, 6) is -1.64. The molecule has 2 N–H and O–H groups in total. The van der Waals surface area contributed by atoms with E-state index in [0.29, 0.717) is 19.4 Å². The van der Waals surface area contributed by atoms with Crippen molar-refractivity contribution in [3.8, 4) is 0 Å². The molecule has 0 heterocycles. The fourth-order valence-electron chi connectivity index (χ4n) is 3.13. The summed E-state index contributed by atoms with van der Waals surface area (Å²) < 4.78 is 5.61. The molecule has 1 amide bonds. The SMILES string of the molecule is CC(OCc1ccccc1)C(=O)NC1(C)CCCCC1C(=O)O. The minimum atomic E-state index is -0.842. The molecule has 0 aliphatic heterocycles. The van der Waals surface area contributed by atoms with E-state index in [4.69, 9.17) is 4.74 Å². The van der Waals surface area contributed by atoms with Crippen LogP contribution in [0.2, 0.25) is 0 Å². The first-order valence-electron chi connectivity index (χ1n) is 8.13. The maximum Gasteiger partial charge on any atom is 0.308 e. The molecule has 1 fully saturated rings. The molecule has 23 heavy (non-hydrogen) atoms. The van der Waals surface area contributed by atoms with Crippen LogP contribution in [-0.2, 0) is 20.9 Å². The Bertz CT molecular complexity index is 545. The Labute approximate surface area is 137 Å². The summed E-state index contributed by atoms with van der Waals surface area (Å²) in [6.07, 6.45) is 2.48. The van der Waals surface area contributed by atoms with Gasteiger partial charge in [-0.15, -0.1) is 0 Å². The number of benzene rings is 1. The number of rotatable bonds is 6. The van der Waals surface area contributed by atoms with Crippen LogP contribution in [0, 0.1) is 5.92 Å². The molecule has 1 saturated carbocycles. The minimum Gasteiger partial charge on any atom is -0.481 e. The molecule has 0 spiro atoms. The topological polar surface area (TPSA) is 75.6 Å². The first kappa shape index (κ1) is 17.5. The molecule has 0 radical (unpaired) electrons. The molecule has 3 unspecified atom stereocenters. The second-order valence-electron chi connectivity index (χ2n) is 6.48. The minimum absolute atomic E-state index is 0.253. The van der Waals surface area contributed by atoms with E-state index >= 15 is 0 Å². The summed E-state index contributed by atoms with van der Waals surface area (Å²) in [4.78, 5) is 23.8. The van der Waals surface area contributed by atoms with Gasteiger partial charge in [0.25, 0.3) is 0 Å². The van der Waals surface area contributed by atoms with Crippen molar-refractivity contribution in [3.63, 3.8) is 0 Å². The number of aliphatic carboxylic acids is 1. The quantitative estimate of drug-likeness (QED) is 0.845. The number of carboxylic acid groups (broad SMARTS) is 1. The highest BCUT2D eigenvalue weighted by Gasteiger charge is 2.42. The maximum absolute atomic E-state index is 12.4. The largest absolute Gasteiger partial charge is 0.481 e. The van der Waals surface area contributed by atoms with Crippen molar-refractivity contribution in [1.29, 1.82) is 0 Å². The third kappa shape index (κ3) is 4.55. The van der Waals surface area contributed by atoms with Gasteiger partial charge in [0, 0.05) is 0 Å². The average Bonchev–Trinajstić information content (AvgIpc) is 2.53. The lowest BCUT2D eigenvalue weighted by Crippen LogP contribution is -2.57. The standard InChI is InChI=1S/C18H25NO4/c1-13(23-12-14-8-4-3-5-9-14)16(20)19-18(2)11-7-6-10-15(18)17(21)22/h3-5,8-9,13,15H,6-7,10-12H2,1-2H3,(H,19,20)(H,21,22). The fraction of sp³-hybridized carbons (Fsp3) is 0.556. The predicted octanol–water partition coefficient (Wildman–Crippen LogP) is 2.74. The van der Waals surface area contributed by atoms with Crippen LogP contribution in [0.5, 0.6) is 0 Å². The Balaban J connectivity index is 1.92.